The SMILES string of the molecule is COCC(=O)N1CCN(Cc2ccc(OCCn3c(=O)n(C)c4ccccc43)cc2)CC(O)(COc2ccccc2)C1. The fraction of sp³-hybridized carbons (Fsp3) is 0.375. The van der Waals surface area contributed by atoms with Crippen LogP contribution in [0.4, 0.5) is 0 Å². The van der Waals surface area contributed by atoms with Gasteiger partial charge in [0.05, 0.1) is 24.1 Å². The molecule has 0 saturated carbocycles. The molecule has 10 nitrogen and oxygen atoms in total. The first kappa shape index (κ1) is 29.4. The summed E-state index contributed by atoms with van der Waals surface area (Å²) in [5.74, 6) is 1.22. The van der Waals surface area contributed by atoms with Crippen molar-refractivity contribution in [2.45, 2.75) is 18.7 Å². The molecule has 4 aromatic rings. The minimum Gasteiger partial charge on any atom is -0.492 e. The lowest BCUT2D eigenvalue weighted by Crippen LogP contribution is -2.52. The lowest BCUT2D eigenvalue weighted by molar-refractivity contribution is -0.138. The third kappa shape index (κ3) is 7.02. The van der Waals surface area contributed by atoms with Crippen molar-refractivity contribution in [1.29, 1.82) is 0 Å². The first-order valence-corrected chi connectivity index (χ1v) is 14.1. The third-order valence-corrected chi connectivity index (χ3v) is 7.53. The molecule has 1 amide bonds. The van der Waals surface area contributed by atoms with Crippen LogP contribution in [0.3, 0.4) is 0 Å². The number of imidazole rings is 1. The average molecular weight is 575 g/mol. The molecule has 2 heterocycles. The summed E-state index contributed by atoms with van der Waals surface area (Å²) in [6.07, 6.45) is 0. The number of para-hydroxylation sites is 3. The molecule has 3 aromatic carbocycles. The Morgan fingerprint density at radius 1 is 0.881 bits per heavy atom. The second kappa shape index (κ2) is 13.2. The van der Waals surface area contributed by atoms with Crippen LogP contribution in [0.5, 0.6) is 11.5 Å². The predicted molar refractivity (Wildman–Crippen MR) is 160 cm³/mol. The number of aliphatic hydroxyl groups is 1. The van der Waals surface area contributed by atoms with Crippen molar-refractivity contribution in [3.63, 3.8) is 0 Å². The van der Waals surface area contributed by atoms with Gasteiger partial charge < -0.3 is 24.2 Å². The number of aryl methyl sites for hydroxylation is 1. The van der Waals surface area contributed by atoms with E-state index < -0.39 is 5.60 Å². The minimum absolute atomic E-state index is 0.0355. The Morgan fingerprint density at radius 2 is 1.57 bits per heavy atom. The number of fused-ring (bicyclic) bond motifs is 1. The summed E-state index contributed by atoms with van der Waals surface area (Å²) in [6.45, 7) is 2.98. The van der Waals surface area contributed by atoms with Crippen molar-refractivity contribution in [2.24, 2.45) is 7.05 Å². The highest BCUT2D eigenvalue weighted by atomic mass is 16.5. The van der Waals surface area contributed by atoms with Gasteiger partial charge in [0.15, 0.2) is 0 Å². The molecule has 1 aliphatic heterocycles. The molecular formula is C32H38N4O6. The second-order valence-corrected chi connectivity index (χ2v) is 10.8. The maximum Gasteiger partial charge on any atom is 0.328 e. The molecule has 222 valence electrons. The zero-order valence-electron chi connectivity index (χ0n) is 24.1. The van der Waals surface area contributed by atoms with Gasteiger partial charge in [0.25, 0.3) is 0 Å². The van der Waals surface area contributed by atoms with Gasteiger partial charge in [-0.15, -0.1) is 0 Å². The highest BCUT2D eigenvalue weighted by Crippen LogP contribution is 2.21. The van der Waals surface area contributed by atoms with Crippen LogP contribution in [0, 0.1) is 0 Å². The van der Waals surface area contributed by atoms with Gasteiger partial charge in [-0.2, -0.15) is 0 Å². The standard InChI is InChI=1S/C32H38N4O6/c1-33-28-10-6-7-11-29(28)36(31(33)38)18-19-41-27-14-12-25(13-15-27)20-34-16-17-35(30(37)21-40-2)23-32(39,22-34)24-42-26-8-4-3-5-9-26/h3-15,39H,16-24H2,1-2H3. The summed E-state index contributed by atoms with van der Waals surface area (Å²) < 4.78 is 20.3. The first-order valence-electron chi connectivity index (χ1n) is 14.1. The minimum atomic E-state index is -1.27. The smallest absolute Gasteiger partial charge is 0.328 e. The maximum atomic E-state index is 12.7. The summed E-state index contributed by atoms with van der Waals surface area (Å²) in [6, 6.07) is 24.9. The maximum absolute atomic E-state index is 12.7. The summed E-state index contributed by atoms with van der Waals surface area (Å²) in [7, 11) is 3.26. The molecule has 10 heteroatoms. The number of carbonyl (C=O) groups is 1. The number of hydrogen-bond acceptors (Lipinski definition) is 7. The molecule has 42 heavy (non-hydrogen) atoms. The van der Waals surface area contributed by atoms with Gasteiger partial charge in [0.2, 0.25) is 5.91 Å². The van der Waals surface area contributed by atoms with Gasteiger partial charge in [-0.3, -0.25) is 18.8 Å². The molecule has 1 N–H and O–H groups in total. The van der Waals surface area contributed by atoms with Crippen LogP contribution >= 0.6 is 0 Å². The first-order chi connectivity index (χ1) is 20.3. The molecule has 0 radical (unpaired) electrons. The highest BCUT2D eigenvalue weighted by Gasteiger charge is 2.37. The molecule has 1 fully saturated rings. The predicted octanol–water partition coefficient (Wildman–Crippen LogP) is 2.52. The van der Waals surface area contributed by atoms with Crippen molar-refractivity contribution < 1.29 is 24.1 Å². The molecule has 0 aliphatic carbocycles. The normalized spacial score (nSPS) is 17.7. The summed E-state index contributed by atoms with van der Waals surface area (Å²) in [5, 5.41) is 11.6. The van der Waals surface area contributed by atoms with E-state index in [1.165, 1.54) is 7.11 Å². The summed E-state index contributed by atoms with van der Waals surface area (Å²) in [4.78, 5) is 29.1. The summed E-state index contributed by atoms with van der Waals surface area (Å²) >= 11 is 0. The zero-order valence-corrected chi connectivity index (χ0v) is 24.1. The van der Waals surface area contributed by atoms with Crippen LogP contribution in [0.25, 0.3) is 11.0 Å². The van der Waals surface area contributed by atoms with Crippen molar-refractivity contribution >= 4 is 16.9 Å². The van der Waals surface area contributed by atoms with Crippen LogP contribution in [-0.4, -0.2) is 88.7 Å². The van der Waals surface area contributed by atoms with Gasteiger partial charge in [0, 0.05) is 40.3 Å². The molecule has 1 atom stereocenters. The molecule has 1 aliphatic rings. The molecular weight excluding hydrogens is 536 g/mol. The molecule has 1 unspecified atom stereocenters. The van der Waals surface area contributed by atoms with E-state index >= 15 is 0 Å². The molecule has 0 bridgehead atoms. The molecule has 1 saturated heterocycles. The monoisotopic (exact) mass is 574 g/mol. The summed E-state index contributed by atoms with van der Waals surface area (Å²) in [5.41, 5.74) is 1.50. The Kier molecular flexibility index (Phi) is 9.26. The largest absolute Gasteiger partial charge is 0.492 e. The van der Waals surface area contributed by atoms with E-state index in [0.29, 0.717) is 50.8 Å². The van der Waals surface area contributed by atoms with Gasteiger partial charge in [0.1, 0.15) is 36.9 Å². The molecule has 5 rings (SSSR count). The van der Waals surface area contributed by atoms with E-state index in [9.17, 15) is 14.7 Å². The average Bonchev–Trinajstić information content (AvgIpc) is 3.12. The van der Waals surface area contributed by atoms with E-state index in [4.69, 9.17) is 14.2 Å². The highest BCUT2D eigenvalue weighted by molar-refractivity contribution is 5.77. The number of ether oxygens (including phenoxy) is 3. The van der Waals surface area contributed by atoms with E-state index in [-0.39, 0.29) is 31.4 Å². The fourth-order valence-corrected chi connectivity index (χ4v) is 5.41. The lowest BCUT2D eigenvalue weighted by atomic mass is 10.0. The molecule has 0 spiro atoms. The third-order valence-electron chi connectivity index (χ3n) is 7.53. The van der Waals surface area contributed by atoms with Crippen LogP contribution in [0.15, 0.2) is 83.7 Å². The number of carbonyl (C=O) groups excluding carboxylic acids is 1. The number of β-amino-alcohol motifs (C(OH)–C–C–N with tert-alkyl or cyclic N) is 1. The Balaban J connectivity index is 1.20. The van der Waals surface area contributed by atoms with E-state index in [0.717, 1.165) is 16.6 Å². The number of benzene rings is 3. The van der Waals surface area contributed by atoms with Gasteiger partial charge in [-0.1, -0.05) is 42.5 Å². The van der Waals surface area contributed by atoms with Crippen LogP contribution in [0.2, 0.25) is 0 Å². The van der Waals surface area contributed by atoms with Crippen LogP contribution in [0.1, 0.15) is 5.56 Å². The van der Waals surface area contributed by atoms with E-state index in [1.54, 1.807) is 21.1 Å². The zero-order chi connectivity index (χ0) is 29.5. The lowest BCUT2D eigenvalue weighted by Gasteiger charge is -2.33. The van der Waals surface area contributed by atoms with Gasteiger partial charge in [-0.05, 0) is 42.0 Å². The Bertz CT molecular complexity index is 1530. The fourth-order valence-electron chi connectivity index (χ4n) is 5.41. The number of amides is 1. The van der Waals surface area contributed by atoms with Crippen molar-refractivity contribution in [3.05, 3.63) is 94.9 Å². The van der Waals surface area contributed by atoms with E-state index in [1.807, 2.05) is 78.9 Å². The van der Waals surface area contributed by atoms with Crippen molar-refractivity contribution in [2.75, 3.05) is 53.1 Å². The second-order valence-electron chi connectivity index (χ2n) is 10.8. The number of hydrogen-bond donors (Lipinski definition) is 1. The number of aromatic nitrogens is 2. The van der Waals surface area contributed by atoms with E-state index in [2.05, 4.69) is 4.90 Å². The van der Waals surface area contributed by atoms with Gasteiger partial charge >= 0.3 is 5.69 Å². The molecule has 1 aromatic heterocycles. The number of methoxy groups -OCH3 is 1. The topological polar surface area (TPSA) is 98.4 Å². The Hall–Kier alpha value is -4.12. The van der Waals surface area contributed by atoms with Gasteiger partial charge in [-0.25, -0.2) is 4.79 Å². The quantitative estimate of drug-likeness (QED) is 0.294. The van der Waals surface area contributed by atoms with Crippen molar-refractivity contribution in [3.8, 4) is 11.5 Å². The number of rotatable bonds is 11. The Labute approximate surface area is 245 Å². The Morgan fingerprint density at radius 3 is 2.31 bits per heavy atom. The van der Waals surface area contributed by atoms with Crippen molar-refractivity contribution in [1.82, 2.24) is 18.9 Å². The number of nitrogens with zero attached hydrogens (tertiary/aromatic N) is 4. The van der Waals surface area contributed by atoms with Crippen LogP contribution < -0.4 is 15.2 Å². The van der Waals surface area contributed by atoms with Crippen LogP contribution in [-0.2, 0) is 29.7 Å².